The molecular formula is C22H17FN2OS. The number of aromatic nitrogens is 1. The van der Waals surface area contributed by atoms with Crippen LogP contribution >= 0.6 is 11.8 Å². The highest BCUT2D eigenvalue weighted by Crippen LogP contribution is 2.33. The van der Waals surface area contributed by atoms with Gasteiger partial charge in [0, 0.05) is 27.9 Å². The van der Waals surface area contributed by atoms with Gasteiger partial charge in [0.15, 0.2) is 11.6 Å². The van der Waals surface area contributed by atoms with Gasteiger partial charge in [0.1, 0.15) is 0 Å². The lowest BCUT2D eigenvalue weighted by Gasteiger charge is -2.12. The summed E-state index contributed by atoms with van der Waals surface area (Å²) in [6, 6.07) is 22.7. The minimum absolute atomic E-state index is 0.358. The van der Waals surface area contributed by atoms with Crippen molar-refractivity contribution in [1.29, 1.82) is 0 Å². The molecule has 0 fully saturated rings. The molecule has 1 aromatic heterocycles. The highest BCUT2D eigenvalue weighted by molar-refractivity contribution is 7.99. The molecule has 3 nitrogen and oxygen atoms in total. The van der Waals surface area contributed by atoms with E-state index < -0.39 is 5.82 Å². The van der Waals surface area contributed by atoms with Crippen LogP contribution in [-0.2, 0) is 6.54 Å². The van der Waals surface area contributed by atoms with E-state index in [1.807, 2.05) is 30.3 Å². The van der Waals surface area contributed by atoms with E-state index in [4.69, 9.17) is 0 Å². The third-order valence-corrected chi connectivity index (χ3v) is 5.34. The highest BCUT2D eigenvalue weighted by Gasteiger charge is 2.09. The molecule has 3 aromatic carbocycles. The van der Waals surface area contributed by atoms with E-state index >= 15 is 0 Å². The van der Waals surface area contributed by atoms with Crippen molar-refractivity contribution in [2.75, 3.05) is 5.32 Å². The van der Waals surface area contributed by atoms with Crippen LogP contribution in [-0.4, -0.2) is 10.1 Å². The zero-order valence-corrected chi connectivity index (χ0v) is 15.2. The number of aromatic hydroxyl groups is 1. The van der Waals surface area contributed by atoms with Gasteiger partial charge < -0.3 is 10.4 Å². The lowest BCUT2D eigenvalue weighted by atomic mass is 10.2. The van der Waals surface area contributed by atoms with Crippen molar-refractivity contribution < 1.29 is 9.50 Å². The summed E-state index contributed by atoms with van der Waals surface area (Å²) in [5, 5.41) is 14.1. The molecule has 4 aromatic rings. The van der Waals surface area contributed by atoms with Gasteiger partial charge in [0.2, 0.25) is 0 Å². The standard InChI is InChI=1S/C22H17FN2OS/c23-18-7-3-8-19(22(18)26)25-14-16-5-1-2-9-21(16)27-17-11-10-15-6-4-12-24-20(15)13-17/h1-13,25-26H,14H2. The topological polar surface area (TPSA) is 45.1 Å². The summed E-state index contributed by atoms with van der Waals surface area (Å²) in [6.07, 6.45) is 1.79. The van der Waals surface area contributed by atoms with Crippen LogP contribution in [0.1, 0.15) is 5.56 Å². The lowest BCUT2D eigenvalue weighted by Crippen LogP contribution is -2.01. The van der Waals surface area contributed by atoms with Gasteiger partial charge in [0.05, 0.1) is 11.2 Å². The maximum absolute atomic E-state index is 13.5. The smallest absolute Gasteiger partial charge is 0.174 e. The number of nitrogens with one attached hydrogen (secondary N) is 1. The lowest BCUT2D eigenvalue weighted by molar-refractivity contribution is 0.434. The molecule has 0 amide bonds. The van der Waals surface area contributed by atoms with E-state index in [2.05, 4.69) is 34.6 Å². The molecule has 0 aliphatic heterocycles. The number of fused-ring (bicyclic) bond motifs is 1. The summed E-state index contributed by atoms with van der Waals surface area (Å²) in [5.41, 5.74) is 2.40. The third-order valence-electron chi connectivity index (χ3n) is 4.23. The Morgan fingerprint density at radius 3 is 2.78 bits per heavy atom. The van der Waals surface area contributed by atoms with Gasteiger partial charge in [-0.25, -0.2) is 4.39 Å². The number of hydrogen-bond donors (Lipinski definition) is 2. The van der Waals surface area contributed by atoms with Gasteiger partial charge in [0.25, 0.3) is 0 Å². The summed E-state index contributed by atoms with van der Waals surface area (Å²) in [6.45, 7) is 0.478. The highest BCUT2D eigenvalue weighted by atomic mass is 32.2. The second-order valence-electron chi connectivity index (χ2n) is 6.06. The quantitative estimate of drug-likeness (QED) is 0.429. The van der Waals surface area contributed by atoms with Gasteiger partial charge in [-0.2, -0.15) is 0 Å². The van der Waals surface area contributed by atoms with E-state index in [0.717, 1.165) is 26.3 Å². The normalized spacial score (nSPS) is 10.9. The van der Waals surface area contributed by atoms with E-state index in [1.54, 1.807) is 30.1 Å². The van der Waals surface area contributed by atoms with Crippen molar-refractivity contribution in [3.05, 3.63) is 90.4 Å². The minimum atomic E-state index is -0.633. The Hall–Kier alpha value is -3.05. The Morgan fingerprint density at radius 2 is 1.85 bits per heavy atom. The van der Waals surface area contributed by atoms with Gasteiger partial charge in [-0.3, -0.25) is 4.98 Å². The van der Waals surface area contributed by atoms with Crippen molar-refractivity contribution in [2.24, 2.45) is 0 Å². The van der Waals surface area contributed by atoms with Crippen LogP contribution in [0.2, 0.25) is 0 Å². The Kier molecular flexibility index (Phi) is 4.94. The molecule has 134 valence electrons. The number of rotatable bonds is 5. The van der Waals surface area contributed by atoms with Crippen molar-refractivity contribution in [1.82, 2.24) is 4.98 Å². The van der Waals surface area contributed by atoms with Gasteiger partial charge in [-0.05, 0) is 42.0 Å². The fourth-order valence-electron chi connectivity index (χ4n) is 2.83. The number of phenols is 1. The van der Waals surface area contributed by atoms with Crippen LogP contribution < -0.4 is 5.32 Å². The molecule has 2 N–H and O–H groups in total. The molecule has 0 spiro atoms. The monoisotopic (exact) mass is 376 g/mol. The van der Waals surface area contributed by atoms with Crippen LogP contribution in [0.4, 0.5) is 10.1 Å². The largest absolute Gasteiger partial charge is 0.503 e. The molecule has 0 radical (unpaired) electrons. The predicted octanol–water partition coefficient (Wildman–Crippen LogP) is 5.84. The number of anilines is 1. The Morgan fingerprint density at radius 1 is 0.963 bits per heavy atom. The number of phenolic OH excluding ortho intramolecular Hbond substituents is 1. The maximum atomic E-state index is 13.5. The van der Waals surface area contributed by atoms with Crippen molar-refractivity contribution in [2.45, 2.75) is 16.3 Å². The number of pyridine rings is 1. The summed E-state index contributed by atoms with van der Waals surface area (Å²) >= 11 is 1.65. The molecule has 0 bridgehead atoms. The second kappa shape index (κ2) is 7.68. The molecule has 5 heteroatoms. The first kappa shape index (κ1) is 17.4. The van der Waals surface area contributed by atoms with Crippen molar-refractivity contribution >= 4 is 28.4 Å². The number of para-hydroxylation sites is 1. The molecule has 0 saturated carbocycles. The number of hydrogen-bond acceptors (Lipinski definition) is 4. The summed E-state index contributed by atoms with van der Waals surface area (Å²) < 4.78 is 13.5. The fraction of sp³-hybridized carbons (Fsp3) is 0.0455. The zero-order valence-electron chi connectivity index (χ0n) is 14.4. The molecule has 0 saturated heterocycles. The summed E-state index contributed by atoms with van der Waals surface area (Å²) in [4.78, 5) is 6.60. The summed E-state index contributed by atoms with van der Waals surface area (Å²) in [7, 11) is 0. The predicted molar refractivity (Wildman–Crippen MR) is 108 cm³/mol. The first-order valence-corrected chi connectivity index (χ1v) is 9.34. The SMILES string of the molecule is Oc1c(F)cccc1NCc1ccccc1Sc1ccc2cccnc2c1. The van der Waals surface area contributed by atoms with Crippen molar-refractivity contribution in [3.63, 3.8) is 0 Å². The molecule has 1 heterocycles. The number of nitrogens with zero attached hydrogens (tertiary/aromatic N) is 1. The molecule has 4 rings (SSSR count). The van der Waals surface area contributed by atoms with E-state index in [0.29, 0.717) is 12.2 Å². The van der Waals surface area contributed by atoms with Crippen molar-refractivity contribution in [3.8, 4) is 5.75 Å². The minimum Gasteiger partial charge on any atom is -0.503 e. The van der Waals surface area contributed by atoms with Crippen LogP contribution in [0.5, 0.6) is 5.75 Å². The first-order valence-electron chi connectivity index (χ1n) is 8.52. The molecule has 0 atom stereocenters. The van der Waals surface area contributed by atoms with Gasteiger partial charge >= 0.3 is 0 Å². The van der Waals surface area contributed by atoms with E-state index in [1.165, 1.54) is 6.07 Å². The maximum Gasteiger partial charge on any atom is 0.174 e. The van der Waals surface area contributed by atoms with Crippen LogP contribution in [0.3, 0.4) is 0 Å². The first-order chi connectivity index (χ1) is 13.2. The average Bonchev–Trinajstić information content (AvgIpc) is 2.70. The molecule has 27 heavy (non-hydrogen) atoms. The number of halogens is 1. The Labute approximate surface area is 160 Å². The molecule has 0 aliphatic rings. The summed E-state index contributed by atoms with van der Waals surface area (Å²) in [5.74, 6) is -0.991. The Bertz CT molecular complexity index is 1100. The van der Waals surface area contributed by atoms with Crippen LogP contribution in [0.15, 0.2) is 88.8 Å². The van der Waals surface area contributed by atoms with Crippen LogP contribution in [0.25, 0.3) is 10.9 Å². The van der Waals surface area contributed by atoms with Crippen LogP contribution in [0, 0.1) is 5.82 Å². The zero-order chi connectivity index (χ0) is 18.6. The molecule has 0 unspecified atom stereocenters. The van der Waals surface area contributed by atoms with Gasteiger partial charge in [-0.1, -0.05) is 48.2 Å². The van der Waals surface area contributed by atoms with E-state index in [-0.39, 0.29) is 5.75 Å². The Balaban J connectivity index is 1.56. The van der Waals surface area contributed by atoms with E-state index in [9.17, 15) is 9.50 Å². The molecule has 0 aliphatic carbocycles. The van der Waals surface area contributed by atoms with Gasteiger partial charge in [-0.15, -0.1) is 0 Å². The molecular weight excluding hydrogens is 359 g/mol. The fourth-order valence-corrected chi connectivity index (χ4v) is 3.81. The third kappa shape index (κ3) is 3.88. The number of benzene rings is 3. The second-order valence-corrected chi connectivity index (χ2v) is 7.17. The average molecular weight is 376 g/mol.